The lowest BCUT2D eigenvalue weighted by molar-refractivity contribution is 0.589. The molecular formula is C10H17FN4. The van der Waals surface area contributed by atoms with Crippen molar-refractivity contribution in [3.63, 3.8) is 0 Å². The molecule has 0 radical (unpaired) electrons. The summed E-state index contributed by atoms with van der Waals surface area (Å²) in [6, 6.07) is 0.0683. The van der Waals surface area contributed by atoms with Crippen LogP contribution in [0.3, 0.4) is 0 Å². The Bertz CT molecular complexity index is 316. The predicted molar refractivity (Wildman–Crippen MR) is 58.1 cm³/mol. The molecule has 0 aliphatic carbocycles. The lowest BCUT2D eigenvalue weighted by atomic mass is 10.1. The molecular weight excluding hydrogens is 195 g/mol. The van der Waals surface area contributed by atoms with Crippen molar-refractivity contribution in [2.45, 2.75) is 32.7 Å². The second kappa shape index (κ2) is 5.60. The Labute approximate surface area is 89.1 Å². The highest BCUT2D eigenvalue weighted by atomic mass is 19.1. The van der Waals surface area contributed by atoms with E-state index in [2.05, 4.69) is 22.2 Å². The number of aryl methyl sites for hydroxylation is 1. The minimum absolute atomic E-state index is 0.0683. The Morgan fingerprint density at radius 2 is 2.27 bits per heavy atom. The number of halogens is 1. The minimum atomic E-state index is -0.396. The molecule has 0 spiro atoms. The summed E-state index contributed by atoms with van der Waals surface area (Å²) in [6.07, 6.45) is 3.25. The van der Waals surface area contributed by atoms with Crippen LogP contribution in [0.4, 0.5) is 10.2 Å². The molecule has 0 saturated heterocycles. The van der Waals surface area contributed by atoms with E-state index in [0.717, 1.165) is 12.8 Å². The molecule has 1 aromatic heterocycles. The molecule has 0 bridgehead atoms. The highest BCUT2D eigenvalue weighted by Gasteiger charge is 2.11. The first kappa shape index (κ1) is 11.8. The third-order valence-corrected chi connectivity index (χ3v) is 2.23. The summed E-state index contributed by atoms with van der Waals surface area (Å²) >= 11 is 0. The molecule has 0 aromatic carbocycles. The van der Waals surface area contributed by atoms with Gasteiger partial charge >= 0.3 is 0 Å². The van der Waals surface area contributed by atoms with E-state index in [1.54, 1.807) is 6.92 Å². The van der Waals surface area contributed by atoms with Gasteiger partial charge in [-0.3, -0.25) is 0 Å². The molecule has 0 saturated carbocycles. The molecule has 0 fully saturated rings. The van der Waals surface area contributed by atoms with Crippen molar-refractivity contribution < 1.29 is 4.39 Å². The molecule has 1 heterocycles. The highest BCUT2D eigenvalue weighted by Crippen LogP contribution is 2.13. The van der Waals surface area contributed by atoms with E-state index in [1.165, 1.54) is 6.33 Å². The molecule has 5 heteroatoms. The molecule has 0 amide bonds. The lowest BCUT2D eigenvalue weighted by Crippen LogP contribution is -2.29. The Balaban J connectivity index is 2.74. The number of anilines is 1. The monoisotopic (exact) mass is 212 g/mol. The van der Waals surface area contributed by atoms with Gasteiger partial charge in [0.05, 0.1) is 5.69 Å². The Morgan fingerprint density at radius 1 is 1.53 bits per heavy atom. The van der Waals surface area contributed by atoms with Gasteiger partial charge < -0.3 is 11.1 Å². The van der Waals surface area contributed by atoms with E-state index >= 15 is 0 Å². The zero-order valence-corrected chi connectivity index (χ0v) is 9.13. The van der Waals surface area contributed by atoms with Gasteiger partial charge in [-0.1, -0.05) is 13.3 Å². The van der Waals surface area contributed by atoms with Crippen LogP contribution in [-0.4, -0.2) is 22.6 Å². The van der Waals surface area contributed by atoms with Gasteiger partial charge in [0.15, 0.2) is 11.6 Å². The zero-order chi connectivity index (χ0) is 11.3. The SMILES string of the molecule is CCCC(CN)Nc1ncnc(C)c1F. The Kier molecular flexibility index (Phi) is 4.42. The molecule has 0 aliphatic rings. The quantitative estimate of drug-likeness (QED) is 0.775. The lowest BCUT2D eigenvalue weighted by Gasteiger charge is -2.16. The average Bonchev–Trinajstić information content (AvgIpc) is 2.24. The number of hydrogen-bond donors (Lipinski definition) is 2. The molecule has 1 aromatic rings. The number of hydrogen-bond acceptors (Lipinski definition) is 4. The summed E-state index contributed by atoms with van der Waals surface area (Å²) in [6.45, 7) is 4.14. The number of aromatic nitrogens is 2. The maximum absolute atomic E-state index is 13.5. The number of nitrogens with one attached hydrogen (secondary N) is 1. The van der Waals surface area contributed by atoms with Crippen LogP contribution in [0.25, 0.3) is 0 Å². The molecule has 84 valence electrons. The van der Waals surface area contributed by atoms with E-state index in [0.29, 0.717) is 12.2 Å². The fourth-order valence-electron chi connectivity index (χ4n) is 1.35. The molecule has 4 nitrogen and oxygen atoms in total. The van der Waals surface area contributed by atoms with Gasteiger partial charge in [-0.25, -0.2) is 14.4 Å². The standard InChI is InChI=1S/C10H17FN4/c1-3-4-8(5-12)15-10-9(11)7(2)13-6-14-10/h6,8H,3-5,12H2,1-2H3,(H,13,14,15). The van der Waals surface area contributed by atoms with E-state index in [4.69, 9.17) is 5.73 Å². The fraction of sp³-hybridized carbons (Fsp3) is 0.600. The number of nitrogens with zero attached hydrogens (tertiary/aromatic N) is 2. The van der Waals surface area contributed by atoms with E-state index in [-0.39, 0.29) is 11.9 Å². The summed E-state index contributed by atoms with van der Waals surface area (Å²) in [7, 11) is 0. The van der Waals surface area contributed by atoms with Gasteiger partial charge in [-0.2, -0.15) is 0 Å². The summed E-state index contributed by atoms with van der Waals surface area (Å²) in [4.78, 5) is 7.62. The zero-order valence-electron chi connectivity index (χ0n) is 9.13. The summed E-state index contributed by atoms with van der Waals surface area (Å²) in [5, 5.41) is 2.99. The smallest absolute Gasteiger partial charge is 0.186 e. The van der Waals surface area contributed by atoms with Crippen LogP contribution in [0.1, 0.15) is 25.5 Å². The predicted octanol–water partition coefficient (Wildman–Crippen LogP) is 1.46. The van der Waals surface area contributed by atoms with Crippen LogP contribution >= 0.6 is 0 Å². The summed E-state index contributed by atoms with van der Waals surface area (Å²) in [5.74, 6) is -0.154. The summed E-state index contributed by atoms with van der Waals surface area (Å²) in [5.41, 5.74) is 5.91. The maximum Gasteiger partial charge on any atom is 0.186 e. The van der Waals surface area contributed by atoms with Crippen molar-refractivity contribution in [2.75, 3.05) is 11.9 Å². The van der Waals surface area contributed by atoms with E-state index in [9.17, 15) is 4.39 Å². The van der Waals surface area contributed by atoms with Crippen LogP contribution in [0.2, 0.25) is 0 Å². The van der Waals surface area contributed by atoms with Crippen LogP contribution in [0, 0.1) is 12.7 Å². The van der Waals surface area contributed by atoms with Gasteiger partial charge in [-0.15, -0.1) is 0 Å². The van der Waals surface area contributed by atoms with E-state index < -0.39 is 5.82 Å². The first-order valence-electron chi connectivity index (χ1n) is 5.12. The topological polar surface area (TPSA) is 63.8 Å². The van der Waals surface area contributed by atoms with E-state index in [1.807, 2.05) is 0 Å². The second-order valence-electron chi connectivity index (χ2n) is 3.49. The third kappa shape index (κ3) is 3.13. The van der Waals surface area contributed by atoms with Crippen molar-refractivity contribution in [3.05, 3.63) is 17.8 Å². The summed E-state index contributed by atoms with van der Waals surface area (Å²) < 4.78 is 13.5. The molecule has 1 atom stereocenters. The number of nitrogens with two attached hydrogens (primary N) is 1. The van der Waals surface area contributed by atoms with Gasteiger partial charge in [0.2, 0.25) is 0 Å². The normalized spacial score (nSPS) is 12.5. The Morgan fingerprint density at radius 3 is 2.87 bits per heavy atom. The second-order valence-corrected chi connectivity index (χ2v) is 3.49. The van der Waals surface area contributed by atoms with Gasteiger partial charge in [-0.05, 0) is 13.3 Å². The van der Waals surface area contributed by atoms with Gasteiger partial charge in [0.25, 0.3) is 0 Å². The number of rotatable bonds is 5. The molecule has 0 aliphatic heterocycles. The molecule has 1 unspecified atom stereocenters. The van der Waals surface area contributed by atoms with Gasteiger partial charge in [0.1, 0.15) is 6.33 Å². The molecule has 1 rings (SSSR count). The molecule has 15 heavy (non-hydrogen) atoms. The van der Waals surface area contributed by atoms with Crippen LogP contribution in [-0.2, 0) is 0 Å². The van der Waals surface area contributed by atoms with Crippen molar-refractivity contribution >= 4 is 5.82 Å². The van der Waals surface area contributed by atoms with Crippen LogP contribution in [0.15, 0.2) is 6.33 Å². The highest BCUT2D eigenvalue weighted by molar-refractivity contribution is 5.37. The fourth-order valence-corrected chi connectivity index (χ4v) is 1.35. The third-order valence-electron chi connectivity index (χ3n) is 2.23. The first-order valence-corrected chi connectivity index (χ1v) is 5.12. The average molecular weight is 212 g/mol. The Hall–Kier alpha value is -1.23. The van der Waals surface area contributed by atoms with Gasteiger partial charge in [0, 0.05) is 12.6 Å². The maximum atomic E-state index is 13.5. The molecule has 3 N–H and O–H groups in total. The van der Waals surface area contributed by atoms with Crippen LogP contribution < -0.4 is 11.1 Å². The van der Waals surface area contributed by atoms with Crippen molar-refractivity contribution in [1.29, 1.82) is 0 Å². The minimum Gasteiger partial charge on any atom is -0.364 e. The van der Waals surface area contributed by atoms with Crippen LogP contribution in [0.5, 0.6) is 0 Å². The van der Waals surface area contributed by atoms with Crippen molar-refractivity contribution in [1.82, 2.24) is 9.97 Å². The first-order chi connectivity index (χ1) is 7.19. The largest absolute Gasteiger partial charge is 0.364 e. The van der Waals surface area contributed by atoms with Crippen molar-refractivity contribution in [2.24, 2.45) is 5.73 Å². The van der Waals surface area contributed by atoms with Crippen molar-refractivity contribution in [3.8, 4) is 0 Å².